The molecular formula is C11H13ClO. The van der Waals surface area contributed by atoms with Gasteiger partial charge in [-0.25, -0.2) is 0 Å². The molecule has 1 aliphatic carbocycles. The van der Waals surface area contributed by atoms with Crippen molar-refractivity contribution < 1.29 is 5.11 Å². The molecule has 0 unspecified atom stereocenters. The van der Waals surface area contributed by atoms with Crippen LogP contribution in [0.15, 0.2) is 30.3 Å². The summed E-state index contributed by atoms with van der Waals surface area (Å²) in [7, 11) is 0. The molecule has 1 aromatic carbocycles. The molecule has 0 aliphatic heterocycles. The molecule has 13 heavy (non-hydrogen) atoms. The first kappa shape index (κ1) is 9.04. The third kappa shape index (κ3) is 1.27. The predicted molar refractivity (Wildman–Crippen MR) is 54.0 cm³/mol. The Kier molecular flexibility index (Phi) is 2.09. The van der Waals surface area contributed by atoms with Crippen molar-refractivity contribution in [1.29, 1.82) is 0 Å². The first-order valence-corrected chi connectivity index (χ1v) is 4.93. The molecule has 0 aromatic heterocycles. The summed E-state index contributed by atoms with van der Waals surface area (Å²) in [5.74, 6) is 0.320. The largest absolute Gasteiger partial charge is 0.396 e. The Bertz CT molecular complexity index is 298. The molecule has 70 valence electrons. The van der Waals surface area contributed by atoms with E-state index in [0.717, 1.165) is 0 Å². The van der Waals surface area contributed by atoms with Crippen LogP contribution < -0.4 is 0 Å². The third-order valence-electron chi connectivity index (χ3n) is 3.02. The highest BCUT2D eigenvalue weighted by atomic mass is 35.5. The smallest absolute Gasteiger partial charge is 0.0505 e. The van der Waals surface area contributed by atoms with E-state index in [1.54, 1.807) is 0 Å². The lowest BCUT2D eigenvalue weighted by atomic mass is 10.0. The summed E-state index contributed by atoms with van der Waals surface area (Å²) in [5, 5.41) is 9.27. The molecule has 0 bridgehead atoms. The van der Waals surface area contributed by atoms with Crippen LogP contribution in [-0.2, 0) is 0 Å². The minimum atomic E-state index is -0.108. The Labute approximate surface area is 83.3 Å². The van der Waals surface area contributed by atoms with Gasteiger partial charge in [-0.3, -0.25) is 0 Å². The van der Waals surface area contributed by atoms with Gasteiger partial charge in [0.2, 0.25) is 0 Å². The van der Waals surface area contributed by atoms with E-state index in [-0.39, 0.29) is 17.4 Å². The monoisotopic (exact) mass is 196 g/mol. The number of halogens is 1. The fourth-order valence-electron chi connectivity index (χ4n) is 1.90. The van der Waals surface area contributed by atoms with Crippen LogP contribution in [0.2, 0.25) is 0 Å². The van der Waals surface area contributed by atoms with E-state index >= 15 is 0 Å². The van der Waals surface area contributed by atoms with Crippen LogP contribution in [0, 0.1) is 5.41 Å². The molecule has 3 atom stereocenters. The third-order valence-corrected chi connectivity index (χ3v) is 3.77. The summed E-state index contributed by atoms with van der Waals surface area (Å²) >= 11 is 6.13. The average Bonchev–Trinajstić information content (AvgIpc) is 2.72. The van der Waals surface area contributed by atoms with Crippen LogP contribution in [0.25, 0.3) is 0 Å². The molecule has 2 heteroatoms. The Balaban J connectivity index is 2.23. The summed E-state index contributed by atoms with van der Waals surface area (Å²) in [4.78, 5) is 0. The van der Waals surface area contributed by atoms with E-state index in [1.165, 1.54) is 5.56 Å². The van der Waals surface area contributed by atoms with Gasteiger partial charge in [-0.15, -0.1) is 11.6 Å². The fraction of sp³-hybridized carbons (Fsp3) is 0.455. The van der Waals surface area contributed by atoms with Gasteiger partial charge in [0, 0.05) is 16.7 Å². The zero-order valence-corrected chi connectivity index (χ0v) is 8.33. The predicted octanol–water partition coefficient (Wildman–Crippen LogP) is 2.39. The zero-order chi connectivity index (χ0) is 9.47. The molecule has 1 N–H and O–H groups in total. The van der Waals surface area contributed by atoms with E-state index in [9.17, 15) is 5.11 Å². The number of rotatable bonds is 2. The highest BCUT2D eigenvalue weighted by Crippen LogP contribution is 2.61. The Morgan fingerprint density at radius 1 is 1.38 bits per heavy atom. The molecule has 1 fully saturated rings. The van der Waals surface area contributed by atoms with Crippen LogP contribution in [0.5, 0.6) is 0 Å². The van der Waals surface area contributed by atoms with Crippen LogP contribution in [0.4, 0.5) is 0 Å². The van der Waals surface area contributed by atoms with Crippen molar-refractivity contribution in [1.82, 2.24) is 0 Å². The van der Waals surface area contributed by atoms with Gasteiger partial charge in [0.15, 0.2) is 0 Å². The lowest BCUT2D eigenvalue weighted by molar-refractivity contribution is 0.220. The normalized spacial score (nSPS) is 37.5. The number of aliphatic hydroxyl groups excluding tert-OH is 1. The SMILES string of the molecule is C[C@]1(CO)[C@H](c2ccccc2)[C@@H]1Cl. The van der Waals surface area contributed by atoms with Gasteiger partial charge in [0.05, 0.1) is 6.61 Å². The maximum Gasteiger partial charge on any atom is 0.0505 e. The van der Waals surface area contributed by atoms with Gasteiger partial charge in [-0.2, -0.15) is 0 Å². The lowest BCUT2D eigenvalue weighted by Gasteiger charge is -2.05. The standard InChI is InChI=1S/C11H13ClO/c1-11(7-13)9(10(11)12)8-5-3-2-4-6-8/h2-6,9-10,13H,7H2,1H3/t9-,10+,11+/m1/s1. The Morgan fingerprint density at radius 3 is 2.46 bits per heavy atom. The zero-order valence-electron chi connectivity index (χ0n) is 7.57. The van der Waals surface area contributed by atoms with Crippen molar-refractivity contribution in [2.45, 2.75) is 18.2 Å². The maximum atomic E-state index is 9.18. The van der Waals surface area contributed by atoms with E-state index < -0.39 is 0 Å². The van der Waals surface area contributed by atoms with Crippen LogP contribution in [0.3, 0.4) is 0 Å². The molecule has 0 amide bonds. The van der Waals surface area contributed by atoms with E-state index in [2.05, 4.69) is 12.1 Å². The molecule has 1 saturated carbocycles. The second-order valence-electron chi connectivity index (χ2n) is 3.95. The number of benzene rings is 1. The summed E-state index contributed by atoms with van der Waals surface area (Å²) in [6.45, 7) is 2.20. The highest BCUT2D eigenvalue weighted by molar-refractivity contribution is 6.24. The molecule has 2 rings (SSSR count). The Morgan fingerprint density at radius 2 is 2.00 bits per heavy atom. The number of hydrogen-bond acceptors (Lipinski definition) is 1. The fourth-order valence-corrected chi connectivity index (χ4v) is 2.47. The molecule has 0 saturated heterocycles. The van der Waals surface area contributed by atoms with E-state index in [1.807, 2.05) is 25.1 Å². The molecule has 0 spiro atoms. The van der Waals surface area contributed by atoms with Gasteiger partial charge >= 0.3 is 0 Å². The first-order valence-electron chi connectivity index (χ1n) is 4.50. The molecule has 0 heterocycles. The highest BCUT2D eigenvalue weighted by Gasteiger charge is 2.60. The summed E-state index contributed by atoms with van der Waals surface area (Å²) in [6, 6.07) is 10.2. The number of alkyl halides is 1. The second kappa shape index (κ2) is 3.00. The first-order chi connectivity index (χ1) is 6.20. The number of aliphatic hydroxyl groups is 1. The van der Waals surface area contributed by atoms with Crippen LogP contribution in [0.1, 0.15) is 18.4 Å². The second-order valence-corrected chi connectivity index (χ2v) is 4.42. The van der Waals surface area contributed by atoms with Crippen molar-refractivity contribution >= 4 is 11.6 Å². The molecule has 1 aromatic rings. The molecule has 0 radical (unpaired) electrons. The van der Waals surface area contributed by atoms with Crippen molar-refractivity contribution in [2.75, 3.05) is 6.61 Å². The summed E-state index contributed by atoms with van der Waals surface area (Å²) in [5.41, 5.74) is 1.13. The van der Waals surface area contributed by atoms with Crippen molar-refractivity contribution in [3.8, 4) is 0 Å². The summed E-state index contributed by atoms with van der Waals surface area (Å²) in [6.07, 6.45) is 0. The molecular weight excluding hydrogens is 184 g/mol. The van der Waals surface area contributed by atoms with Crippen molar-refractivity contribution in [3.63, 3.8) is 0 Å². The van der Waals surface area contributed by atoms with E-state index in [0.29, 0.717) is 5.92 Å². The quantitative estimate of drug-likeness (QED) is 0.721. The maximum absolute atomic E-state index is 9.18. The van der Waals surface area contributed by atoms with Crippen molar-refractivity contribution in [3.05, 3.63) is 35.9 Å². The topological polar surface area (TPSA) is 20.2 Å². The average molecular weight is 197 g/mol. The minimum absolute atomic E-state index is 0.0832. The van der Waals surface area contributed by atoms with E-state index in [4.69, 9.17) is 11.6 Å². The molecule has 1 aliphatic rings. The minimum Gasteiger partial charge on any atom is -0.396 e. The van der Waals surface area contributed by atoms with Crippen molar-refractivity contribution in [2.24, 2.45) is 5.41 Å². The van der Waals surface area contributed by atoms with Crippen LogP contribution >= 0.6 is 11.6 Å². The van der Waals surface area contributed by atoms with Gasteiger partial charge in [-0.1, -0.05) is 37.3 Å². The lowest BCUT2D eigenvalue weighted by Crippen LogP contribution is -2.05. The van der Waals surface area contributed by atoms with Gasteiger partial charge in [0.25, 0.3) is 0 Å². The summed E-state index contributed by atoms with van der Waals surface area (Å²) < 4.78 is 0. The van der Waals surface area contributed by atoms with Gasteiger partial charge in [0.1, 0.15) is 0 Å². The molecule has 1 nitrogen and oxygen atoms in total. The number of hydrogen-bond donors (Lipinski definition) is 1. The van der Waals surface area contributed by atoms with Gasteiger partial charge < -0.3 is 5.11 Å². The Hall–Kier alpha value is -0.530. The van der Waals surface area contributed by atoms with Gasteiger partial charge in [-0.05, 0) is 5.56 Å². The van der Waals surface area contributed by atoms with Crippen LogP contribution in [-0.4, -0.2) is 17.1 Å².